The Morgan fingerprint density at radius 2 is 1.52 bits per heavy atom. The molecule has 1 aromatic heterocycles. The van der Waals surface area contributed by atoms with Gasteiger partial charge in [0.05, 0.1) is 19.5 Å². The standard InChI is InChI=1S/C21H25N2/c1-2-22-16-17-23(15-9-14-19-10-5-3-6-11-19)21(22)18-20-12-7-4-8-13-20/h3-8,10-13,16-17H,2,9,14-15,18H2,1H3/q+1. The minimum absolute atomic E-state index is 0.993. The van der Waals surface area contributed by atoms with E-state index in [1.165, 1.54) is 23.4 Å². The van der Waals surface area contributed by atoms with Crippen LogP contribution in [0.4, 0.5) is 0 Å². The highest BCUT2D eigenvalue weighted by molar-refractivity contribution is 5.18. The van der Waals surface area contributed by atoms with Crippen LogP contribution in [0.2, 0.25) is 0 Å². The van der Waals surface area contributed by atoms with Gasteiger partial charge in [-0.25, -0.2) is 9.13 Å². The molecule has 23 heavy (non-hydrogen) atoms. The summed E-state index contributed by atoms with van der Waals surface area (Å²) in [5, 5.41) is 0. The molecule has 3 rings (SSSR count). The minimum Gasteiger partial charge on any atom is -0.234 e. The quantitative estimate of drug-likeness (QED) is 0.583. The molecule has 2 aromatic carbocycles. The first-order valence-electron chi connectivity index (χ1n) is 8.52. The van der Waals surface area contributed by atoms with Crippen LogP contribution in [-0.2, 0) is 25.9 Å². The lowest BCUT2D eigenvalue weighted by Crippen LogP contribution is -2.37. The summed E-state index contributed by atoms with van der Waals surface area (Å²) < 4.78 is 4.77. The Labute approximate surface area is 139 Å². The fourth-order valence-electron chi connectivity index (χ4n) is 3.07. The zero-order valence-corrected chi connectivity index (χ0v) is 13.9. The second-order valence-electron chi connectivity index (χ2n) is 5.95. The molecule has 0 radical (unpaired) electrons. The highest BCUT2D eigenvalue weighted by Crippen LogP contribution is 2.08. The van der Waals surface area contributed by atoms with Gasteiger partial charge in [-0.3, -0.25) is 0 Å². The van der Waals surface area contributed by atoms with E-state index in [1.807, 2.05) is 0 Å². The van der Waals surface area contributed by atoms with E-state index >= 15 is 0 Å². The third-order valence-electron chi connectivity index (χ3n) is 4.34. The van der Waals surface area contributed by atoms with Gasteiger partial charge < -0.3 is 0 Å². The highest BCUT2D eigenvalue weighted by atomic mass is 15.1. The van der Waals surface area contributed by atoms with Gasteiger partial charge in [0.1, 0.15) is 12.4 Å². The molecule has 0 amide bonds. The van der Waals surface area contributed by atoms with E-state index in [2.05, 4.69) is 89.1 Å². The molecule has 0 aliphatic carbocycles. The summed E-state index contributed by atoms with van der Waals surface area (Å²) in [7, 11) is 0. The maximum Gasteiger partial charge on any atom is 0.260 e. The lowest BCUT2D eigenvalue weighted by atomic mass is 10.1. The van der Waals surface area contributed by atoms with E-state index in [-0.39, 0.29) is 0 Å². The summed E-state index contributed by atoms with van der Waals surface area (Å²) in [6, 6.07) is 21.5. The number of hydrogen-bond donors (Lipinski definition) is 0. The third-order valence-corrected chi connectivity index (χ3v) is 4.34. The molecule has 3 aromatic rings. The summed E-state index contributed by atoms with van der Waals surface area (Å²) in [5.41, 5.74) is 2.80. The summed E-state index contributed by atoms with van der Waals surface area (Å²) in [4.78, 5) is 0. The van der Waals surface area contributed by atoms with Crippen molar-refractivity contribution in [1.29, 1.82) is 0 Å². The van der Waals surface area contributed by atoms with Crippen molar-refractivity contribution in [1.82, 2.24) is 4.57 Å². The van der Waals surface area contributed by atoms with Crippen LogP contribution in [0.1, 0.15) is 30.3 Å². The first kappa shape index (κ1) is 15.5. The number of benzene rings is 2. The Bertz CT molecular complexity index is 714. The zero-order chi connectivity index (χ0) is 15.9. The van der Waals surface area contributed by atoms with E-state index in [9.17, 15) is 0 Å². The van der Waals surface area contributed by atoms with Gasteiger partial charge in [-0.15, -0.1) is 0 Å². The van der Waals surface area contributed by atoms with E-state index in [1.54, 1.807) is 0 Å². The van der Waals surface area contributed by atoms with Crippen LogP contribution in [0.25, 0.3) is 0 Å². The maximum atomic E-state index is 2.42. The normalized spacial score (nSPS) is 10.8. The van der Waals surface area contributed by atoms with Crippen molar-refractivity contribution in [3.8, 4) is 0 Å². The monoisotopic (exact) mass is 305 g/mol. The largest absolute Gasteiger partial charge is 0.260 e. The van der Waals surface area contributed by atoms with E-state index in [0.29, 0.717) is 0 Å². The number of imidazole rings is 1. The highest BCUT2D eigenvalue weighted by Gasteiger charge is 2.16. The fraction of sp³-hybridized carbons (Fsp3) is 0.286. The summed E-state index contributed by atoms with van der Waals surface area (Å²) in [6.07, 6.45) is 7.74. The van der Waals surface area contributed by atoms with Crippen LogP contribution < -0.4 is 4.57 Å². The van der Waals surface area contributed by atoms with Gasteiger partial charge >= 0.3 is 0 Å². The molecule has 0 aliphatic heterocycles. The van der Waals surface area contributed by atoms with Gasteiger partial charge in [0.25, 0.3) is 5.82 Å². The Morgan fingerprint density at radius 1 is 0.870 bits per heavy atom. The van der Waals surface area contributed by atoms with Crippen LogP contribution in [0.3, 0.4) is 0 Å². The predicted octanol–water partition coefficient (Wildman–Crippen LogP) is 4.02. The predicted molar refractivity (Wildman–Crippen MR) is 94.3 cm³/mol. The van der Waals surface area contributed by atoms with Crippen LogP contribution in [0.15, 0.2) is 73.1 Å². The molecule has 1 heterocycles. The third kappa shape index (κ3) is 4.10. The van der Waals surface area contributed by atoms with Crippen LogP contribution in [-0.4, -0.2) is 4.57 Å². The van der Waals surface area contributed by atoms with Crippen LogP contribution in [0.5, 0.6) is 0 Å². The molecule has 0 saturated carbocycles. The van der Waals surface area contributed by atoms with Gasteiger partial charge in [0.2, 0.25) is 0 Å². The molecule has 0 bridgehead atoms. The number of hydrogen-bond acceptors (Lipinski definition) is 0. The molecule has 0 N–H and O–H groups in total. The molecule has 0 saturated heterocycles. The summed E-state index contributed by atoms with van der Waals surface area (Å²) >= 11 is 0. The fourth-order valence-corrected chi connectivity index (χ4v) is 3.07. The van der Waals surface area contributed by atoms with Crippen molar-refractivity contribution >= 4 is 0 Å². The number of aromatic nitrogens is 2. The van der Waals surface area contributed by atoms with Crippen molar-refractivity contribution in [2.75, 3.05) is 0 Å². The van der Waals surface area contributed by atoms with E-state index in [0.717, 1.165) is 25.9 Å². The lowest BCUT2D eigenvalue weighted by Gasteiger charge is -2.05. The SMILES string of the molecule is CCn1cc[n+](CCCc2ccccc2)c1Cc1ccccc1. The Hall–Kier alpha value is -2.35. The molecule has 0 fully saturated rings. The summed E-state index contributed by atoms with van der Waals surface area (Å²) in [6.45, 7) is 4.31. The Kier molecular flexibility index (Phi) is 5.25. The lowest BCUT2D eigenvalue weighted by molar-refractivity contribution is -0.703. The molecule has 118 valence electrons. The average Bonchev–Trinajstić information content (AvgIpc) is 2.99. The van der Waals surface area contributed by atoms with Crippen molar-refractivity contribution < 1.29 is 4.57 Å². The van der Waals surface area contributed by atoms with Crippen LogP contribution >= 0.6 is 0 Å². The zero-order valence-electron chi connectivity index (χ0n) is 13.9. The molecule has 2 heteroatoms. The molecule has 0 aliphatic rings. The van der Waals surface area contributed by atoms with Gasteiger partial charge in [-0.1, -0.05) is 60.7 Å². The smallest absolute Gasteiger partial charge is 0.234 e. The molecule has 0 atom stereocenters. The number of aryl methyl sites for hydroxylation is 3. The van der Waals surface area contributed by atoms with Gasteiger partial charge in [0.15, 0.2) is 0 Å². The van der Waals surface area contributed by atoms with Crippen molar-refractivity contribution in [2.24, 2.45) is 0 Å². The number of nitrogens with zero attached hydrogens (tertiary/aromatic N) is 2. The first-order chi connectivity index (χ1) is 11.4. The molecular formula is C21H25N2+. The second-order valence-corrected chi connectivity index (χ2v) is 5.95. The van der Waals surface area contributed by atoms with Crippen molar-refractivity contribution in [3.63, 3.8) is 0 Å². The van der Waals surface area contributed by atoms with E-state index in [4.69, 9.17) is 0 Å². The molecule has 2 nitrogen and oxygen atoms in total. The summed E-state index contributed by atoms with van der Waals surface area (Å²) in [5.74, 6) is 1.40. The minimum atomic E-state index is 0.993. The van der Waals surface area contributed by atoms with E-state index < -0.39 is 0 Å². The Morgan fingerprint density at radius 3 is 2.17 bits per heavy atom. The van der Waals surface area contributed by atoms with Gasteiger partial charge in [0, 0.05) is 0 Å². The van der Waals surface area contributed by atoms with Gasteiger partial charge in [-0.05, 0) is 30.9 Å². The van der Waals surface area contributed by atoms with Gasteiger partial charge in [-0.2, -0.15) is 0 Å². The molecule has 0 spiro atoms. The maximum absolute atomic E-state index is 2.42. The van der Waals surface area contributed by atoms with Crippen molar-refractivity contribution in [2.45, 2.75) is 39.3 Å². The Balaban J connectivity index is 1.68. The number of rotatable bonds is 7. The topological polar surface area (TPSA) is 8.81 Å². The average molecular weight is 305 g/mol. The van der Waals surface area contributed by atoms with Crippen LogP contribution in [0, 0.1) is 0 Å². The molecule has 0 unspecified atom stereocenters. The second kappa shape index (κ2) is 7.77. The van der Waals surface area contributed by atoms with Crippen molar-refractivity contribution in [3.05, 3.63) is 90.0 Å². The molecular weight excluding hydrogens is 280 g/mol. The first-order valence-corrected chi connectivity index (χ1v) is 8.52.